The molecule has 2 heterocycles. The summed E-state index contributed by atoms with van der Waals surface area (Å²) in [7, 11) is 0. The van der Waals surface area contributed by atoms with Gasteiger partial charge in [-0.05, 0) is 42.3 Å². The molecule has 1 amide bonds. The van der Waals surface area contributed by atoms with Gasteiger partial charge in [-0.2, -0.15) is 5.26 Å². The zero-order valence-electron chi connectivity index (χ0n) is 11.1. The number of amides is 1. The number of carbonyl (C=O) groups excluding carboxylic acids is 1. The summed E-state index contributed by atoms with van der Waals surface area (Å²) in [6.07, 6.45) is 2.95. The van der Waals surface area contributed by atoms with Crippen molar-refractivity contribution in [3.05, 3.63) is 25.5 Å². The number of carbonyl (C=O) groups is 1. The molecule has 0 aromatic carbocycles. The van der Waals surface area contributed by atoms with Crippen LogP contribution in [-0.4, -0.2) is 16.1 Å². The fourth-order valence-electron chi connectivity index (χ4n) is 2.41. The van der Waals surface area contributed by atoms with Crippen molar-refractivity contribution in [1.82, 2.24) is 10.2 Å². The molecule has 5 nitrogen and oxygen atoms in total. The number of fused-ring (bicyclic) bond motifs is 1. The normalized spacial score (nSPS) is 17.1. The highest BCUT2D eigenvalue weighted by atomic mass is 35.5. The number of nitrogens with zero attached hydrogens (tertiary/aromatic N) is 3. The smallest absolute Gasteiger partial charge is 0.287 e. The number of anilines is 1. The molecular formula is C13H11ClN4OS2. The lowest BCUT2D eigenvalue weighted by Crippen LogP contribution is -2.12. The van der Waals surface area contributed by atoms with E-state index in [0.29, 0.717) is 16.5 Å². The average Bonchev–Trinajstić information content (AvgIpc) is 3.01. The van der Waals surface area contributed by atoms with Crippen molar-refractivity contribution in [2.45, 2.75) is 26.2 Å². The van der Waals surface area contributed by atoms with Crippen LogP contribution < -0.4 is 5.32 Å². The van der Waals surface area contributed by atoms with Gasteiger partial charge in [0.25, 0.3) is 5.91 Å². The van der Waals surface area contributed by atoms with Crippen LogP contribution in [0.4, 0.5) is 5.00 Å². The van der Waals surface area contributed by atoms with E-state index in [2.05, 4.69) is 28.5 Å². The van der Waals surface area contributed by atoms with E-state index < -0.39 is 0 Å². The Bertz CT molecular complexity index is 746. The van der Waals surface area contributed by atoms with E-state index in [-0.39, 0.29) is 15.4 Å². The van der Waals surface area contributed by atoms with Crippen molar-refractivity contribution < 1.29 is 4.79 Å². The lowest BCUT2D eigenvalue weighted by atomic mass is 9.89. The lowest BCUT2D eigenvalue weighted by Gasteiger charge is -2.17. The number of aromatic nitrogens is 2. The second-order valence-electron chi connectivity index (χ2n) is 4.98. The summed E-state index contributed by atoms with van der Waals surface area (Å²) in [6, 6.07) is 2.22. The first-order valence-electron chi connectivity index (χ1n) is 6.43. The van der Waals surface area contributed by atoms with Crippen molar-refractivity contribution in [2.75, 3.05) is 5.32 Å². The van der Waals surface area contributed by atoms with Crippen LogP contribution >= 0.6 is 34.3 Å². The summed E-state index contributed by atoms with van der Waals surface area (Å²) < 4.78 is 0.222. The minimum Gasteiger partial charge on any atom is -0.310 e. The van der Waals surface area contributed by atoms with Gasteiger partial charge in [0.15, 0.2) is 0 Å². The van der Waals surface area contributed by atoms with Crippen LogP contribution in [0.2, 0.25) is 4.47 Å². The molecule has 3 rings (SSSR count). The molecular weight excluding hydrogens is 328 g/mol. The van der Waals surface area contributed by atoms with Crippen molar-refractivity contribution in [3.63, 3.8) is 0 Å². The summed E-state index contributed by atoms with van der Waals surface area (Å²) in [5.74, 6) is 0.246. The molecule has 0 radical (unpaired) electrons. The molecule has 0 aliphatic heterocycles. The fraction of sp³-hybridized carbons (Fsp3) is 0.385. The Labute approximate surface area is 134 Å². The van der Waals surface area contributed by atoms with Crippen molar-refractivity contribution in [2.24, 2.45) is 5.92 Å². The first-order chi connectivity index (χ1) is 10.1. The van der Waals surface area contributed by atoms with E-state index in [1.807, 2.05) is 0 Å². The summed E-state index contributed by atoms with van der Waals surface area (Å²) in [5.41, 5.74) is 1.68. The molecule has 0 fully saturated rings. The molecule has 8 heteroatoms. The first kappa shape index (κ1) is 14.4. The number of nitriles is 1. The van der Waals surface area contributed by atoms with Crippen LogP contribution in [0.25, 0.3) is 0 Å². The van der Waals surface area contributed by atoms with E-state index in [9.17, 15) is 10.1 Å². The zero-order chi connectivity index (χ0) is 15.0. The summed E-state index contributed by atoms with van der Waals surface area (Å²) >= 11 is 8.19. The number of halogens is 1. The topological polar surface area (TPSA) is 78.7 Å². The van der Waals surface area contributed by atoms with Gasteiger partial charge < -0.3 is 5.32 Å². The highest BCUT2D eigenvalue weighted by molar-refractivity contribution is 7.18. The predicted molar refractivity (Wildman–Crippen MR) is 83.1 cm³/mol. The Morgan fingerprint density at radius 3 is 2.95 bits per heavy atom. The predicted octanol–water partition coefficient (Wildman–Crippen LogP) is 3.50. The van der Waals surface area contributed by atoms with Crippen LogP contribution in [0, 0.1) is 17.2 Å². The van der Waals surface area contributed by atoms with E-state index >= 15 is 0 Å². The van der Waals surface area contributed by atoms with Crippen molar-refractivity contribution in [1.29, 1.82) is 5.26 Å². The third-order valence-corrected chi connectivity index (χ3v) is 5.63. The van der Waals surface area contributed by atoms with Crippen molar-refractivity contribution >= 4 is 45.2 Å². The van der Waals surface area contributed by atoms with Gasteiger partial charge in [-0.3, -0.25) is 4.79 Å². The Balaban J connectivity index is 1.89. The van der Waals surface area contributed by atoms with Gasteiger partial charge in [-0.15, -0.1) is 21.5 Å². The number of hydrogen-bond donors (Lipinski definition) is 1. The van der Waals surface area contributed by atoms with Crippen molar-refractivity contribution in [3.8, 4) is 6.07 Å². The second-order valence-corrected chi connectivity index (χ2v) is 7.65. The van der Waals surface area contributed by atoms with Gasteiger partial charge >= 0.3 is 0 Å². The maximum Gasteiger partial charge on any atom is 0.287 e. The molecule has 2 aromatic rings. The van der Waals surface area contributed by atoms with E-state index in [1.165, 1.54) is 16.2 Å². The van der Waals surface area contributed by atoms with E-state index in [0.717, 1.165) is 36.2 Å². The third-order valence-electron chi connectivity index (χ3n) is 3.45. The first-order valence-corrected chi connectivity index (χ1v) is 8.44. The molecule has 2 aromatic heterocycles. The molecule has 0 spiro atoms. The molecule has 108 valence electrons. The Morgan fingerprint density at radius 1 is 1.48 bits per heavy atom. The van der Waals surface area contributed by atoms with Gasteiger partial charge in [-0.25, -0.2) is 0 Å². The molecule has 1 aliphatic rings. The SMILES string of the molecule is CC1CCc2c(sc(NC(=O)c3nnc(Cl)s3)c2C#N)C1. The van der Waals surface area contributed by atoms with E-state index in [1.54, 1.807) is 0 Å². The average molecular weight is 339 g/mol. The Morgan fingerprint density at radius 2 is 2.29 bits per heavy atom. The number of hydrogen-bond acceptors (Lipinski definition) is 6. The number of thiophene rings is 1. The van der Waals surface area contributed by atoms with E-state index in [4.69, 9.17) is 11.6 Å². The van der Waals surface area contributed by atoms with Crippen LogP contribution in [-0.2, 0) is 12.8 Å². The zero-order valence-corrected chi connectivity index (χ0v) is 13.5. The maximum absolute atomic E-state index is 12.1. The molecule has 1 N–H and O–H groups in total. The minimum atomic E-state index is -0.373. The van der Waals surface area contributed by atoms with Crippen LogP contribution in [0.1, 0.15) is 39.2 Å². The molecule has 1 unspecified atom stereocenters. The van der Waals surface area contributed by atoms with Crippen LogP contribution in [0.5, 0.6) is 0 Å². The molecule has 21 heavy (non-hydrogen) atoms. The van der Waals surface area contributed by atoms with Crippen LogP contribution in [0.15, 0.2) is 0 Å². The fourth-order valence-corrected chi connectivity index (χ4v) is 4.49. The lowest BCUT2D eigenvalue weighted by molar-refractivity contribution is 0.102. The quantitative estimate of drug-likeness (QED) is 0.908. The van der Waals surface area contributed by atoms with Gasteiger partial charge in [0.2, 0.25) is 9.47 Å². The van der Waals surface area contributed by atoms with Crippen LogP contribution in [0.3, 0.4) is 0 Å². The molecule has 0 saturated carbocycles. The number of nitrogens with one attached hydrogen (secondary N) is 1. The molecule has 0 bridgehead atoms. The van der Waals surface area contributed by atoms with Gasteiger partial charge in [0.05, 0.1) is 5.56 Å². The number of rotatable bonds is 2. The third kappa shape index (κ3) is 2.79. The highest BCUT2D eigenvalue weighted by Crippen LogP contribution is 2.39. The minimum absolute atomic E-state index is 0.198. The molecule has 1 aliphatic carbocycles. The largest absolute Gasteiger partial charge is 0.310 e. The Kier molecular flexibility index (Phi) is 3.93. The molecule has 1 atom stereocenters. The second kappa shape index (κ2) is 5.72. The summed E-state index contributed by atoms with van der Waals surface area (Å²) in [5, 5.41) is 20.3. The monoisotopic (exact) mass is 338 g/mol. The maximum atomic E-state index is 12.1. The molecule has 0 saturated heterocycles. The Hall–Kier alpha value is -1.49. The van der Waals surface area contributed by atoms with Gasteiger partial charge in [-0.1, -0.05) is 18.3 Å². The highest BCUT2D eigenvalue weighted by Gasteiger charge is 2.25. The van der Waals surface area contributed by atoms with Gasteiger partial charge in [0.1, 0.15) is 11.1 Å². The van der Waals surface area contributed by atoms with Gasteiger partial charge in [0, 0.05) is 4.88 Å². The summed E-state index contributed by atoms with van der Waals surface area (Å²) in [4.78, 5) is 13.3. The summed E-state index contributed by atoms with van der Waals surface area (Å²) in [6.45, 7) is 2.20. The standard InChI is InChI=1S/C13H11ClN4OS2/c1-6-2-3-7-8(5-15)11(20-9(7)4-6)16-10(19)12-17-18-13(14)21-12/h6H,2-4H2,1H3,(H,16,19).